The number of alkyl halides is 3. The maximum absolute atomic E-state index is 12.7. The molecule has 2 atom stereocenters. The quantitative estimate of drug-likeness (QED) is 0.919. The number of hydrogen-bond donors (Lipinski definition) is 1. The van der Waals surface area contributed by atoms with E-state index >= 15 is 0 Å². The Bertz CT molecular complexity index is 409. The number of ether oxygens (including phenoxy) is 1. The van der Waals surface area contributed by atoms with Gasteiger partial charge in [0.25, 0.3) is 0 Å². The van der Waals surface area contributed by atoms with Crippen LogP contribution in [0.15, 0.2) is 16.6 Å². The second-order valence-electron chi connectivity index (χ2n) is 4.31. The Labute approximate surface area is 112 Å². The van der Waals surface area contributed by atoms with Gasteiger partial charge in [-0.25, -0.2) is 0 Å². The molecule has 0 aliphatic carbocycles. The van der Waals surface area contributed by atoms with Crippen molar-refractivity contribution in [3.05, 3.63) is 27.7 Å². The number of benzene rings is 1. The molecule has 1 rings (SSSR count). The van der Waals surface area contributed by atoms with Crippen LogP contribution in [0.5, 0.6) is 5.75 Å². The van der Waals surface area contributed by atoms with Gasteiger partial charge in [-0.3, -0.25) is 0 Å². The molecule has 0 aliphatic heterocycles. The molecule has 102 valence electrons. The average Bonchev–Trinajstić information content (AvgIpc) is 2.20. The van der Waals surface area contributed by atoms with E-state index in [1.54, 1.807) is 26.0 Å². The van der Waals surface area contributed by atoms with E-state index in [0.29, 0.717) is 0 Å². The molecule has 0 saturated heterocycles. The molecule has 0 spiro atoms. The molecule has 0 amide bonds. The fraction of sp³-hybridized carbons (Fsp3) is 0.500. The molecule has 6 heteroatoms. The molecular formula is C12H15BrF3NO. The topological polar surface area (TPSA) is 35.2 Å². The molecule has 1 aromatic rings. The van der Waals surface area contributed by atoms with Crippen molar-refractivity contribution in [2.75, 3.05) is 0 Å². The maximum Gasteiger partial charge on any atom is 0.426 e. The molecule has 0 aromatic heterocycles. The lowest BCUT2D eigenvalue weighted by Gasteiger charge is -2.25. The van der Waals surface area contributed by atoms with Crippen LogP contribution in [0.3, 0.4) is 0 Å². The molecule has 2 nitrogen and oxygen atoms in total. The summed E-state index contributed by atoms with van der Waals surface area (Å²) in [7, 11) is 0. The highest BCUT2D eigenvalue weighted by Crippen LogP contribution is 2.30. The monoisotopic (exact) mass is 325 g/mol. The lowest BCUT2D eigenvalue weighted by molar-refractivity contribution is -0.199. The Kier molecular flexibility index (Phi) is 4.66. The van der Waals surface area contributed by atoms with E-state index in [-0.39, 0.29) is 5.75 Å². The summed E-state index contributed by atoms with van der Waals surface area (Å²) in [5.41, 5.74) is 6.95. The average molecular weight is 326 g/mol. The van der Waals surface area contributed by atoms with E-state index in [9.17, 15) is 13.2 Å². The Morgan fingerprint density at radius 3 is 2.00 bits per heavy atom. The summed E-state index contributed by atoms with van der Waals surface area (Å²) in [5, 5.41) is 0. The summed E-state index contributed by atoms with van der Waals surface area (Å²) in [6, 6.07) is 1.98. The molecule has 0 radical (unpaired) electrons. The van der Waals surface area contributed by atoms with Gasteiger partial charge in [0.15, 0.2) is 0 Å². The minimum Gasteiger partial charge on any atom is -0.479 e. The molecule has 0 aliphatic rings. The van der Waals surface area contributed by atoms with Crippen molar-refractivity contribution >= 4 is 15.9 Å². The Balaban J connectivity index is 3.02. The van der Waals surface area contributed by atoms with Crippen LogP contribution in [0.2, 0.25) is 0 Å². The van der Waals surface area contributed by atoms with Gasteiger partial charge in [-0.15, -0.1) is 0 Å². The fourth-order valence-electron chi connectivity index (χ4n) is 1.59. The van der Waals surface area contributed by atoms with Crippen molar-refractivity contribution in [1.29, 1.82) is 0 Å². The second-order valence-corrected chi connectivity index (χ2v) is 5.10. The van der Waals surface area contributed by atoms with Crippen molar-refractivity contribution in [2.24, 2.45) is 5.73 Å². The second kappa shape index (κ2) is 5.48. The Morgan fingerprint density at radius 1 is 1.22 bits per heavy atom. The third-order valence-electron chi connectivity index (χ3n) is 2.47. The van der Waals surface area contributed by atoms with Crippen LogP contribution in [-0.2, 0) is 0 Å². The molecule has 18 heavy (non-hydrogen) atoms. The SMILES string of the molecule is Cc1cc(OC(C(C)N)C(F)(F)F)cc(C)c1Br. The van der Waals surface area contributed by atoms with Crippen LogP contribution in [0.1, 0.15) is 18.1 Å². The standard InChI is InChI=1S/C12H15BrF3NO/c1-6-4-9(5-7(2)10(6)13)18-11(8(3)17)12(14,15)16/h4-5,8,11H,17H2,1-3H3. The predicted molar refractivity (Wildman–Crippen MR) is 67.7 cm³/mol. The highest BCUT2D eigenvalue weighted by molar-refractivity contribution is 9.10. The van der Waals surface area contributed by atoms with Crippen LogP contribution in [0.25, 0.3) is 0 Å². The lowest BCUT2D eigenvalue weighted by Crippen LogP contribution is -2.47. The number of hydrogen-bond acceptors (Lipinski definition) is 2. The van der Waals surface area contributed by atoms with E-state index < -0.39 is 18.3 Å². The highest BCUT2D eigenvalue weighted by Gasteiger charge is 2.44. The van der Waals surface area contributed by atoms with E-state index in [2.05, 4.69) is 15.9 Å². The van der Waals surface area contributed by atoms with Gasteiger partial charge in [0, 0.05) is 10.5 Å². The zero-order valence-corrected chi connectivity index (χ0v) is 11.9. The van der Waals surface area contributed by atoms with Crippen LogP contribution >= 0.6 is 15.9 Å². The van der Waals surface area contributed by atoms with Gasteiger partial charge < -0.3 is 10.5 Å². The molecule has 2 unspecified atom stereocenters. The molecule has 2 N–H and O–H groups in total. The molecule has 1 aromatic carbocycles. The first-order valence-corrected chi connectivity index (χ1v) is 6.18. The first kappa shape index (κ1) is 15.3. The highest BCUT2D eigenvalue weighted by atomic mass is 79.9. The van der Waals surface area contributed by atoms with Gasteiger partial charge >= 0.3 is 6.18 Å². The van der Waals surface area contributed by atoms with Gasteiger partial charge in [-0.05, 0) is 44.0 Å². The van der Waals surface area contributed by atoms with Crippen molar-refractivity contribution in [2.45, 2.75) is 39.1 Å². The first-order chi connectivity index (χ1) is 8.12. The number of aryl methyl sites for hydroxylation is 2. The van der Waals surface area contributed by atoms with Crippen LogP contribution < -0.4 is 10.5 Å². The fourth-order valence-corrected chi connectivity index (χ4v) is 1.82. The summed E-state index contributed by atoms with van der Waals surface area (Å²) in [6.45, 7) is 4.85. The number of rotatable bonds is 3. The number of nitrogens with two attached hydrogens (primary N) is 1. The Morgan fingerprint density at radius 2 is 1.67 bits per heavy atom. The normalized spacial score (nSPS) is 15.3. The zero-order chi connectivity index (χ0) is 14.1. The van der Waals surface area contributed by atoms with Crippen LogP contribution in [0, 0.1) is 13.8 Å². The molecule has 0 bridgehead atoms. The minimum atomic E-state index is -4.48. The summed E-state index contributed by atoms with van der Waals surface area (Å²) in [5.74, 6) is 0.174. The molecule has 0 fully saturated rings. The van der Waals surface area contributed by atoms with Gasteiger partial charge in [0.1, 0.15) is 5.75 Å². The van der Waals surface area contributed by atoms with E-state index in [1.807, 2.05) is 0 Å². The third kappa shape index (κ3) is 3.62. The van der Waals surface area contributed by atoms with Crippen molar-refractivity contribution in [3.8, 4) is 5.75 Å². The molecule has 0 heterocycles. The van der Waals surface area contributed by atoms with E-state index in [4.69, 9.17) is 10.5 Å². The third-order valence-corrected chi connectivity index (χ3v) is 3.72. The van der Waals surface area contributed by atoms with Crippen LogP contribution in [-0.4, -0.2) is 18.3 Å². The Hall–Kier alpha value is -0.750. The van der Waals surface area contributed by atoms with Crippen molar-refractivity contribution < 1.29 is 17.9 Å². The summed E-state index contributed by atoms with van der Waals surface area (Å²) >= 11 is 3.35. The summed E-state index contributed by atoms with van der Waals surface area (Å²) in [4.78, 5) is 0. The van der Waals surface area contributed by atoms with Crippen molar-refractivity contribution in [1.82, 2.24) is 0 Å². The largest absolute Gasteiger partial charge is 0.479 e. The predicted octanol–water partition coefficient (Wildman–Crippen LogP) is 3.72. The van der Waals surface area contributed by atoms with Crippen molar-refractivity contribution in [3.63, 3.8) is 0 Å². The first-order valence-electron chi connectivity index (χ1n) is 5.38. The molecule has 0 saturated carbocycles. The molecular weight excluding hydrogens is 311 g/mol. The van der Waals surface area contributed by atoms with Crippen LogP contribution in [0.4, 0.5) is 13.2 Å². The van der Waals surface area contributed by atoms with Gasteiger partial charge in [0.05, 0.1) is 0 Å². The zero-order valence-electron chi connectivity index (χ0n) is 10.3. The smallest absolute Gasteiger partial charge is 0.426 e. The number of halogens is 4. The van der Waals surface area contributed by atoms with Gasteiger partial charge in [-0.2, -0.15) is 13.2 Å². The minimum absolute atomic E-state index is 0.174. The maximum atomic E-state index is 12.7. The van der Waals surface area contributed by atoms with E-state index in [1.165, 1.54) is 6.92 Å². The van der Waals surface area contributed by atoms with Gasteiger partial charge in [0.2, 0.25) is 6.10 Å². The van der Waals surface area contributed by atoms with E-state index in [0.717, 1.165) is 15.6 Å². The summed E-state index contributed by atoms with van der Waals surface area (Å²) < 4.78 is 44.0. The lowest BCUT2D eigenvalue weighted by atomic mass is 10.1. The summed E-state index contributed by atoms with van der Waals surface area (Å²) in [6.07, 6.45) is -6.49. The van der Waals surface area contributed by atoms with Gasteiger partial charge in [-0.1, -0.05) is 15.9 Å².